The van der Waals surface area contributed by atoms with E-state index in [1.165, 1.54) is 18.6 Å². The van der Waals surface area contributed by atoms with Crippen molar-refractivity contribution >= 4 is 54.6 Å². The second-order valence-corrected chi connectivity index (χ2v) is 9.48. The summed E-state index contributed by atoms with van der Waals surface area (Å²) in [7, 11) is 0. The third-order valence-corrected chi connectivity index (χ3v) is 6.49. The Morgan fingerprint density at radius 3 is 2.11 bits per heavy atom. The molecule has 1 aromatic rings. The normalized spacial score (nSPS) is 22.9. The molecule has 0 bridgehead atoms. The summed E-state index contributed by atoms with van der Waals surface area (Å²) in [6, 6.07) is 6.04. The molecule has 0 amide bonds. The molecule has 2 rings (SSSR count). The van der Waals surface area contributed by atoms with Gasteiger partial charge in [-0.3, -0.25) is 0 Å². The van der Waals surface area contributed by atoms with Crippen LogP contribution in [0.15, 0.2) is 45.8 Å². The maximum absolute atomic E-state index is 13.8. The molecule has 0 fully saturated rings. The van der Waals surface area contributed by atoms with Crippen molar-refractivity contribution in [3.8, 4) is 0 Å². The minimum atomic E-state index is -6.58. The predicted molar refractivity (Wildman–Crippen MR) is 95.5 cm³/mol. The molecular formula is C15H7Br2ClF7OS. The lowest BCUT2D eigenvalue weighted by molar-refractivity contribution is -0.331. The van der Waals surface area contributed by atoms with Gasteiger partial charge in [-0.25, -0.2) is 0 Å². The Balaban J connectivity index is 2.53. The van der Waals surface area contributed by atoms with Crippen LogP contribution in [-0.4, -0.2) is 21.9 Å². The molecule has 0 saturated heterocycles. The third kappa shape index (κ3) is 4.22. The molecule has 27 heavy (non-hydrogen) atoms. The van der Waals surface area contributed by atoms with Crippen LogP contribution >= 0.6 is 43.5 Å². The number of hydrogen-bond acceptors (Lipinski definition) is 1. The van der Waals surface area contributed by atoms with Gasteiger partial charge >= 0.3 is 17.4 Å². The van der Waals surface area contributed by atoms with Gasteiger partial charge in [-0.2, -0.15) is 22.0 Å². The van der Waals surface area contributed by atoms with Gasteiger partial charge in [0.05, 0.1) is 15.5 Å². The summed E-state index contributed by atoms with van der Waals surface area (Å²) in [5.74, 6) is -6.49. The molecule has 149 valence electrons. The van der Waals surface area contributed by atoms with E-state index in [1.54, 1.807) is 12.1 Å². The molecule has 2 atom stereocenters. The minimum Gasteiger partial charge on any atom is -0.607 e. The molecule has 1 aliphatic carbocycles. The summed E-state index contributed by atoms with van der Waals surface area (Å²) in [6.45, 7) is 0. The number of rotatable bonds is 4. The van der Waals surface area contributed by atoms with Gasteiger partial charge in [0.1, 0.15) is 0 Å². The lowest BCUT2D eigenvalue weighted by Gasteiger charge is -2.32. The van der Waals surface area contributed by atoms with Crippen LogP contribution in [0.1, 0.15) is 5.56 Å². The standard InChI is InChI=1S/C15H7Br2ClF7OS/c16-8-5-9(27(26)15(24,25)13(19,20)14(21,22)23)7-12(17,6-8)10-3-1-2-4-11(10)18/h1-7H. The van der Waals surface area contributed by atoms with E-state index in [0.29, 0.717) is 0 Å². The lowest BCUT2D eigenvalue weighted by Crippen LogP contribution is -2.56. The van der Waals surface area contributed by atoms with Crippen molar-refractivity contribution in [2.24, 2.45) is 0 Å². The summed E-state index contributed by atoms with van der Waals surface area (Å²) in [5, 5.41) is -5.74. The number of benzene rings is 1. The van der Waals surface area contributed by atoms with E-state index >= 15 is 0 Å². The first-order valence-electron chi connectivity index (χ1n) is 6.77. The van der Waals surface area contributed by atoms with E-state index < -0.39 is 37.8 Å². The second-order valence-electron chi connectivity index (χ2n) is 5.33. The fourth-order valence-corrected chi connectivity index (χ4v) is 5.77. The number of halogens is 10. The maximum Gasteiger partial charge on any atom is 0.486 e. The molecule has 0 aliphatic heterocycles. The van der Waals surface area contributed by atoms with Crippen LogP contribution < -0.4 is 0 Å². The molecule has 1 radical (unpaired) electrons. The predicted octanol–water partition coefficient (Wildman–Crippen LogP) is 6.85. The highest BCUT2D eigenvalue weighted by Gasteiger charge is 2.80. The van der Waals surface area contributed by atoms with E-state index in [4.69, 9.17) is 11.6 Å². The molecule has 1 aromatic carbocycles. The Morgan fingerprint density at radius 2 is 1.59 bits per heavy atom. The topological polar surface area (TPSA) is 23.1 Å². The summed E-state index contributed by atoms with van der Waals surface area (Å²) >= 11 is 8.15. The zero-order valence-corrected chi connectivity index (χ0v) is 17.4. The SMILES string of the molecule is [O-][S+](C1=CC(Br)(c2ccccc2Cl)[CH]C(Br)=C1)C(F)(F)C(F)(F)C(F)(F)F. The highest BCUT2D eigenvalue weighted by Crippen LogP contribution is 2.53. The van der Waals surface area contributed by atoms with Crippen LogP contribution in [0.4, 0.5) is 30.7 Å². The number of hydrogen-bond donors (Lipinski definition) is 0. The molecular weight excluding hydrogens is 556 g/mol. The van der Waals surface area contributed by atoms with Crippen molar-refractivity contribution < 1.29 is 35.3 Å². The Labute approximate surface area is 174 Å². The number of allylic oxidation sites excluding steroid dienone is 3. The summed E-state index contributed by atoms with van der Waals surface area (Å²) in [6.07, 6.45) is -3.58. The van der Waals surface area contributed by atoms with Gasteiger partial charge in [0, 0.05) is 22.0 Å². The summed E-state index contributed by atoms with van der Waals surface area (Å²) in [5.41, 5.74) is 0.275. The van der Waals surface area contributed by atoms with Gasteiger partial charge in [0.15, 0.2) is 4.91 Å². The molecule has 0 heterocycles. The maximum atomic E-state index is 13.8. The van der Waals surface area contributed by atoms with Gasteiger partial charge in [-0.05, 0) is 17.7 Å². The Kier molecular flexibility index (Phi) is 6.44. The van der Waals surface area contributed by atoms with Gasteiger partial charge in [0.25, 0.3) is 0 Å². The largest absolute Gasteiger partial charge is 0.607 e. The average molecular weight is 564 g/mol. The smallest absolute Gasteiger partial charge is 0.486 e. The van der Waals surface area contributed by atoms with Crippen LogP contribution in [0, 0.1) is 6.42 Å². The Morgan fingerprint density at radius 1 is 1.04 bits per heavy atom. The highest BCUT2D eigenvalue weighted by molar-refractivity contribution is 9.12. The zero-order valence-electron chi connectivity index (χ0n) is 12.6. The molecule has 12 heteroatoms. The summed E-state index contributed by atoms with van der Waals surface area (Å²) in [4.78, 5) is -0.935. The van der Waals surface area contributed by atoms with Crippen LogP contribution in [0.3, 0.4) is 0 Å². The van der Waals surface area contributed by atoms with Crippen molar-refractivity contribution in [2.45, 2.75) is 21.7 Å². The first-order chi connectivity index (χ1) is 12.1. The fraction of sp³-hybridized carbons (Fsp3) is 0.267. The van der Waals surface area contributed by atoms with Gasteiger partial charge < -0.3 is 4.55 Å². The van der Waals surface area contributed by atoms with Gasteiger partial charge in [-0.1, -0.05) is 61.7 Å². The molecule has 0 N–H and O–H groups in total. The van der Waals surface area contributed by atoms with E-state index in [9.17, 15) is 35.3 Å². The molecule has 0 spiro atoms. The van der Waals surface area contributed by atoms with E-state index in [2.05, 4.69) is 31.9 Å². The Hall–Kier alpha value is -0.230. The number of alkyl halides is 8. The van der Waals surface area contributed by atoms with Crippen molar-refractivity contribution in [3.05, 3.63) is 62.8 Å². The molecule has 1 aliphatic rings. The summed E-state index contributed by atoms with van der Waals surface area (Å²) < 4.78 is 102. The van der Waals surface area contributed by atoms with Crippen molar-refractivity contribution in [1.29, 1.82) is 0 Å². The van der Waals surface area contributed by atoms with Crippen molar-refractivity contribution in [3.63, 3.8) is 0 Å². The quantitative estimate of drug-likeness (QED) is 0.223. The van der Waals surface area contributed by atoms with Crippen LogP contribution in [-0.2, 0) is 15.5 Å². The first-order valence-corrected chi connectivity index (χ1v) is 9.89. The molecule has 0 aromatic heterocycles. The minimum absolute atomic E-state index is 0.0243. The van der Waals surface area contributed by atoms with Crippen LogP contribution in [0.25, 0.3) is 0 Å². The third-order valence-electron chi connectivity index (χ3n) is 3.44. The van der Waals surface area contributed by atoms with E-state index in [0.717, 1.165) is 12.2 Å². The average Bonchev–Trinajstić information content (AvgIpc) is 2.52. The van der Waals surface area contributed by atoms with Crippen LogP contribution in [0.2, 0.25) is 5.02 Å². The lowest BCUT2D eigenvalue weighted by atomic mass is 9.92. The van der Waals surface area contributed by atoms with Gasteiger partial charge in [0.2, 0.25) is 0 Å². The van der Waals surface area contributed by atoms with E-state index in [1.807, 2.05) is 0 Å². The van der Waals surface area contributed by atoms with Crippen molar-refractivity contribution in [2.75, 3.05) is 0 Å². The molecule has 0 saturated carbocycles. The Bertz CT molecular complexity index is 797. The monoisotopic (exact) mass is 561 g/mol. The zero-order chi connectivity index (χ0) is 20.8. The second kappa shape index (κ2) is 7.55. The van der Waals surface area contributed by atoms with Crippen molar-refractivity contribution in [1.82, 2.24) is 0 Å². The van der Waals surface area contributed by atoms with Gasteiger partial charge in [-0.15, -0.1) is 8.78 Å². The highest BCUT2D eigenvalue weighted by atomic mass is 79.9. The molecule has 2 unspecified atom stereocenters. The fourth-order valence-electron chi connectivity index (χ4n) is 2.13. The molecule has 1 nitrogen and oxygen atoms in total. The van der Waals surface area contributed by atoms with E-state index in [-0.39, 0.29) is 15.1 Å². The van der Waals surface area contributed by atoms with Crippen LogP contribution in [0.5, 0.6) is 0 Å². The first kappa shape index (κ1) is 23.1.